The van der Waals surface area contributed by atoms with Crippen molar-refractivity contribution >= 4 is 23.3 Å². The van der Waals surface area contributed by atoms with Crippen LogP contribution in [0.15, 0.2) is 64.6 Å². The third-order valence-corrected chi connectivity index (χ3v) is 4.87. The summed E-state index contributed by atoms with van der Waals surface area (Å²) in [5, 5.41) is 2.00. The Labute approximate surface area is 162 Å². The van der Waals surface area contributed by atoms with Gasteiger partial charge in [0.05, 0.1) is 33.6 Å². The Bertz CT molecular complexity index is 849. The van der Waals surface area contributed by atoms with E-state index in [9.17, 15) is 4.79 Å². The van der Waals surface area contributed by atoms with Gasteiger partial charge in [0.15, 0.2) is 0 Å². The van der Waals surface area contributed by atoms with Crippen LogP contribution >= 0.6 is 11.3 Å². The molecule has 3 aromatic rings. The summed E-state index contributed by atoms with van der Waals surface area (Å²) in [7, 11) is 3.20. The first kappa shape index (κ1) is 18.8. The van der Waals surface area contributed by atoms with E-state index >= 15 is 0 Å². The first-order chi connectivity index (χ1) is 13.2. The molecule has 1 aromatic carbocycles. The molecule has 140 valence electrons. The molecular weight excluding hydrogens is 362 g/mol. The second-order valence-electron chi connectivity index (χ2n) is 5.79. The summed E-state index contributed by atoms with van der Waals surface area (Å²) in [6.07, 6.45) is 4.90. The second-order valence-corrected chi connectivity index (χ2v) is 6.83. The van der Waals surface area contributed by atoms with E-state index in [0.717, 1.165) is 16.2 Å². The monoisotopic (exact) mass is 383 g/mol. The van der Waals surface area contributed by atoms with Crippen molar-refractivity contribution in [2.45, 2.75) is 13.1 Å². The van der Waals surface area contributed by atoms with Gasteiger partial charge in [0.1, 0.15) is 17.3 Å². The topological polar surface area (TPSA) is 51.9 Å². The van der Waals surface area contributed by atoms with E-state index in [1.165, 1.54) is 0 Å². The molecule has 0 bridgehead atoms. The lowest BCUT2D eigenvalue weighted by atomic mass is 10.1. The Kier molecular flexibility index (Phi) is 6.33. The number of nitrogens with zero attached hydrogens (tertiary/aromatic N) is 1. The van der Waals surface area contributed by atoms with Gasteiger partial charge in [-0.1, -0.05) is 6.07 Å². The number of rotatable bonds is 8. The summed E-state index contributed by atoms with van der Waals surface area (Å²) >= 11 is 1.62. The number of ether oxygens (including phenoxy) is 2. The summed E-state index contributed by atoms with van der Waals surface area (Å²) in [5.74, 6) is 2.02. The van der Waals surface area contributed by atoms with Gasteiger partial charge in [-0.15, -0.1) is 11.3 Å². The number of amides is 1. The summed E-state index contributed by atoms with van der Waals surface area (Å²) in [4.78, 5) is 15.7. The predicted octanol–water partition coefficient (Wildman–Crippen LogP) is 4.60. The first-order valence-corrected chi connectivity index (χ1v) is 9.31. The van der Waals surface area contributed by atoms with Crippen LogP contribution in [0.3, 0.4) is 0 Å². The fourth-order valence-corrected chi connectivity index (χ4v) is 3.35. The fourth-order valence-electron chi connectivity index (χ4n) is 2.63. The van der Waals surface area contributed by atoms with Crippen molar-refractivity contribution in [3.05, 3.63) is 76.4 Å². The SMILES string of the molecule is COc1ccc(OC)c(/C=C/C(=O)N(Cc2ccco2)Cc2cccs2)c1. The number of furan rings is 1. The molecule has 0 spiro atoms. The summed E-state index contributed by atoms with van der Waals surface area (Å²) in [5.41, 5.74) is 0.777. The molecule has 0 saturated heterocycles. The minimum Gasteiger partial charge on any atom is -0.497 e. The highest BCUT2D eigenvalue weighted by molar-refractivity contribution is 7.09. The Balaban J connectivity index is 1.80. The Hall–Kier alpha value is -2.99. The van der Waals surface area contributed by atoms with Crippen LogP contribution < -0.4 is 9.47 Å². The number of carbonyl (C=O) groups excluding carboxylic acids is 1. The molecule has 2 heterocycles. The van der Waals surface area contributed by atoms with Crippen LogP contribution in [-0.2, 0) is 17.9 Å². The number of methoxy groups -OCH3 is 2. The van der Waals surface area contributed by atoms with Gasteiger partial charge in [-0.2, -0.15) is 0 Å². The van der Waals surface area contributed by atoms with Crippen molar-refractivity contribution in [1.29, 1.82) is 0 Å². The highest BCUT2D eigenvalue weighted by atomic mass is 32.1. The Morgan fingerprint density at radius 3 is 2.70 bits per heavy atom. The third kappa shape index (κ3) is 5.01. The molecule has 27 heavy (non-hydrogen) atoms. The third-order valence-electron chi connectivity index (χ3n) is 4.01. The average molecular weight is 383 g/mol. The molecule has 0 aliphatic rings. The zero-order valence-corrected chi connectivity index (χ0v) is 16.1. The molecular formula is C21H21NO4S. The van der Waals surface area contributed by atoms with E-state index in [-0.39, 0.29) is 5.91 Å². The van der Waals surface area contributed by atoms with Crippen molar-refractivity contribution in [3.63, 3.8) is 0 Å². The predicted molar refractivity (Wildman–Crippen MR) is 106 cm³/mol. The molecule has 6 heteroatoms. The van der Waals surface area contributed by atoms with E-state index < -0.39 is 0 Å². The highest BCUT2D eigenvalue weighted by Gasteiger charge is 2.14. The summed E-state index contributed by atoms with van der Waals surface area (Å²) in [6, 6.07) is 13.1. The van der Waals surface area contributed by atoms with Crippen LogP contribution in [-0.4, -0.2) is 25.0 Å². The van der Waals surface area contributed by atoms with Crippen LogP contribution in [0.2, 0.25) is 0 Å². The van der Waals surface area contributed by atoms with Gasteiger partial charge in [0.2, 0.25) is 5.91 Å². The minimum absolute atomic E-state index is 0.107. The molecule has 0 atom stereocenters. The van der Waals surface area contributed by atoms with Crippen molar-refractivity contribution in [1.82, 2.24) is 4.90 Å². The number of carbonyl (C=O) groups is 1. The summed E-state index contributed by atoms with van der Waals surface area (Å²) < 4.78 is 16.0. The number of thiophene rings is 1. The Morgan fingerprint density at radius 1 is 1.15 bits per heavy atom. The van der Waals surface area contributed by atoms with Gasteiger partial charge in [-0.25, -0.2) is 0 Å². The largest absolute Gasteiger partial charge is 0.497 e. The molecule has 1 amide bonds. The van der Waals surface area contributed by atoms with Gasteiger partial charge in [-0.3, -0.25) is 4.79 Å². The maximum Gasteiger partial charge on any atom is 0.247 e. The number of benzene rings is 1. The zero-order valence-electron chi connectivity index (χ0n) is 15.3. The molecule has 0 aliphatic heterocycles. The van der Waals surface area contributed by atoms with Crippen LogP contribution in [0.25, 0.3) is 6.08 Å². The fraction of sp³-hybridized carbons (Fsp3) is 0.190. The van der Waals surface area contributed by atoms with E-state index in [4.69, 9.17) is 13.9 Å². The lowest BCUT2D eigenvalue weighted by Gasteiger charge is -2.19. The van der Waals surface area contributed by atoms with Crippen LogP contribution in [0, 0.1) is 0 Å². The molecule has 0 unspecified atom stereocenters. The minimum atomic E-state index is -0.107. The van der Waals surface area contributed by atoms with E-state index in [1.807, 2.05) is 47.8 Å². The summed E-state index contributed by atoms with van der Waals surface area (Å²) in [6.45, 7) is 0.931. The van der Waals surface area contributed by atoms with Gasteiger partial charge in [0, 0.05) is 16.5 Å². The van der Waals surface area contributed by atoms with Crippen molar-refractivity contribution < 1.29 is 18.7 Å². The highest BCUT2D eigenvalue weighted by Crippen LogP contribution is 2.25. The van der Waals surface area contributed by atoms with Gasteiger partial charge < -0.3 is 18.8 Å². The van der Waals surface area contributed by atoms with Crippen LogP contribution in [0.4, 0.5) is 0 Å². The molecule has 0 N–H and O–H groups in total. The second kappa shape index (κ2) is 9.09. The van der Waals surface area contributed by atoms with Gasteiger partial charge in [0.25, 0.3) is 0 Å². The van der Waals surface area contributed by atoms with Crippen molar-refractivity contribution in [2.75, 3.05) is 14.2 Å². The maximum absolute atomic E-state index is 12.9. The van der Waals surface area contributed by atoms with Crippen molar-refractivity contribution in [3.8, 4) is 11.5 Å². The van der Waals surface area contributed by atoms with Crippen molar-refractivity contribution in [2.24, 2.45) is 0 Å². The molecule has 0 fully saturated rings. The molecule has 2 aromatic heterocycles. The Morgan fingerprint density at radius 2 is 2.04 bits per heavy atom. The standard InChI is InChI=1S/C21H21NO4S/c1-24-17-8-9-20(25-2)16(13-17)7-10-21(23)22(14-18-5-3-11-26-18)15-19-6-4-12-27-19/h3-13H,14-15H2,1-2H3/b10-7+. The lowest BCUT2D eigenvalue weighted by molar-refractivity contribution is -0.127. The van der Waals surface area contributed by atoms with Crippen LogP contribution in [0.5, 0.6) is 11.5 Å². The van der Waals surface area contributed by atoms with Crippen LogP contribution in [0.1, 0.15) is 16.2 Å². The number of hydrogen-bond donors (Lipinski definition) is 0. The van der Waals surface area contributed by atoms with E-state index in [2.05, 4.69) is 0 Å². The van der Waals surface area contributed by atoms with Gasteiger partial charge in [-0.05, 0) is 47.9 Å². The molecule has 0 aliphatic carbocycles. The molecule has 0 saturated carbocycles. The molecule has 3 rings (SSSR count). The average Bonchev–Trinajstić information content (AvgIpc) is 3.39. The normalized spacial score (nSPS) is 10.9. The quantitative estimate of drug-likeness (QED) is 0.534. The van der Waals surface area contributed by atoms with Gasteiger partial charge >= 0.3 is 0 Å². The zero-order chi connectivity index (χ0) is 19.1. The first-order valence-electron chi connectivity index (χ1n) is 8.43. The smallest absolute Gasteiger partial charge is 0.247 e. The maximum atomic E-state index is 12.9. The molecule has 0 radical (unpaired) electrons. The molecule has 5 nitrogen and oxygen atoms in total. The number of hydrogen-bond acceptors (Lipinski definition) is 5. The van der Waals surface area contributed by atoms with E-state index in [1.54, 1.807) is 48.9 Å². The lowest BCUT2D eigenvalue weighted by Crippen LogP contribution is -2.28. The van der Waals surface area contributed by atoms with E-state index in [0.29, 0.717) is 24.6 Å².